The van der Waals surface area contributed by atoms with Gasteiger partial charge in [-0.15, -0.1) is 0 Å². The average molecular weight is 379 g/mol. The van der Waals surface area contributed by atoms with Gasteiger partial charge >= 0.3 is 0 Å². The maximum Gasteiger partial charge on any atom is 0.196 e. The van der Waals surface area contributed by atoms with E-state index in [2.05, 4.69) is 37.2 Å². The molecule has 0 saturated carbocycles. The van der Waals surface area contributed by atoms with Gasteiger partial charge in [0.2, 0.25) is 0 Å². The Kier molecular flexibility index (Phi) is 4.44. The van der Waals surface area contributed by atoms with E-state index in [1.165, 1.54) is 6.42 Å². The molecule has 0 aliphatic carbocycles. The molecule has 3 aromatic rings. The molecule has 1 atom stereocenters. The lowest BCUT2D eigenvalue weighted by Crippen LogP contribution is -2.36. The van der Waals surface area contributed by atoms with Crippen LogP contribution in [-0.2, 0) is 7.05 Å². The summed E-state index contributed by atoms with van der Waals surface area (Å²) in [6.45, 7) is 3.80. The van der Waals surface area contributed by atoms with E-state index in [0.29, 0.717) is 5.92 Å². The highest BCUT2D eigenvalue weighted by molar-refractivity contribution is 5.94. The van der Waals surface area contributed by atoms with E-state index in [9.17, 15) is 0 Å². The number of aliphatic imine (C=N–C) groups is 1. The molecule has 0 aromatic carbocycles. The third-order valence-electron chi connectivity index (χ3n) is 5.37. The van der Waals surface area contributed by atoms with Crippen molar-refractivity contribution in [3.8, 4) is 11.1 Å². The van der Waals surface area contributed by atoms with Crippen LogP contribution in [-0.4, -0.2) is 56.5 Å². The van der Waals surface area contributed by atoms with E-state index in [1.54, 1.807) is 4.68 Å². The number of fused-ring (bicyclic) bond motifs is 1. The average Bonchev–Trinajstić information content (AvgIpc) is 3.35. The minimum absolute atomic E-state index is 0.400. The van der Waals surface area contributed by atoms with Gasteiger partial charge in [-0.25, -0.2) is 4.98 Å². The predicted octanol–water partition coefficient (Wildman–Crippen LogP) is 1.36. The van der Waals surface area contributed by atoms with Crippen molar-refractivity contribution in [3.63, 3.8) is 0 Å². The first-order valence-electron chi connectivity index (χ1n) is 9.92. The Hall–Kier alpha value is -2.94. The van der Waals surface area contributed by atoms with E-state index in [4.69, 9.17) is 4.98 Å². The summed E-state index contributed by atoms with van der Waals surface area (Å²) in [6, 6.07) is 2.11. The highest BCUT2D eigenvalue weighted by Crippen LogP contribution is 2.29. The van der Waals surface area contributed by atoms with Crippen LogP contribution in [0.15, 0.2) is 29.6 Å². The smallest absolute Gasteiger partial charge is 0.196 e. The first-order valence-corrected chi connectivity index (χ1v) is 9.92. The number of guanidine groups is 1. The normalized spacial score (nSPS) is 20.0. The molecule has 1 fully saturated rings. The molecule has 3 aromatic heterocycles. The van der Waals surface area contributed by atoms with Gasteiger partial charge in [0.25, 0.3) is 0 Å². The number of nitrogens with one attached hydrogen (secondary N) is 3. The number of rotatable bonds is 3. The standard InChI is InChI=1S/C19H25N9/c1-27-12-14(10-23-27)15-11-24-28-17(26-19-21-6-3-7-22-19)8-16(25-18(15)28)13-4-2-5-20-9-13/h8,10-13,20H,2-7,9H2,1H3,(H2,21,22,26). The molecule has 2 aliphatic rings. The van der Waals surface area contributed by atoms with Crippen LogP contribution >= 0.6 is 0 Å². The first-order chi connectivity index (χ1) is 13.8. The minimum Gasteiger partial charge on any atom is -0.356 e. The van der Waals surface area contributed by atoms with Crippen LogP contribution in [0.3, 0.4) is 0 Å². The lowest BCUT2D eigenvalue weighted by Gasteiger charge is -2.23. The predicted molar refractivity (Wildman–Crippen MR) is 109 cm³/mol. The molecule has 0 amide bonds. The van der Waals surface area contributed by atoms with E-state index in [1.807, 2.05) is 30.2 Å². The summed E-state index contributed by atoms with van der Waals surface area (Å²) in [5, 5.41) is 19.2. The lowest BCUT2D eigenvalue weighted by molar-refractivity contribution is 0.455. The van der Waals surface area contributed by atoms with Gasteiger partial charge in [-0.1, -0.05) is 0 Å². The SMILES string of the molecule is Cn1cc(-c2cnn3c(NC4=NCCCN4)cc(C4CCCNC4)nc23)cn1. The van der Waals surface area contributed by atoms with Crippen molar-refractivity contribution in [2.45, 2.75) is 25.2 Å². The van der Waals surface area contributed by atoms with Crippen molar-refractivity contribution in [3.05, 3.63) is 30.4 Å². The maximum absolute atomic E-state index is 5.02. The summed E-state index contributed by atoms with van der Waals surface area (Å²) in [4.78, 5) is 9.57. The number of piperidine rings is 1. The monoisotopic (exact) mass is 379 g/mol. The number of anilines is 1. The zero-order valence-electron chi connectivity index (χ0n) is 16.0. The molecular weight excluding hydrogens is 354 g/mol. The fourth-order valence-electron chi connectivity index (χ4n) is 3.89. The van der Waals surface area contributed by atoms with Gasteiger partial charge in [-0.3, -0.25) is 9.67 Å². The largest absolute Gasteiger partial charge is 0.356 e. The van der Waals surface area contributed by atoms with Gasteiger partial charge in [0.15, 0.2) is 11.6 Å². The van der Waals surface area contributed by atoms with Crippen molar-refractivity contribution in [1.29, 1.82) is 0 Å². The van der Waals surface area contributed by atoms with Crippen LogP contribution in [0.2, 0.25) is 0 Å². The molecule has 0 bridgehead atoms. The third kappa shape index (κ3) is 3.22. The van der Waals surface area contributed by atoms with Gasteiger partial charge in [0.05, 0.1) is 18.1 Å². The summed E-state index contributed by atoms with van der Waals surface area (Å²) in [5.41, 5.74) is 3.93. The zero-order chi connectivity index (χ0) is 18.9. The fourth-order valence-corrected chi connectivity index (χ4v) is 3.89. The van der Waals surface area contributed by atoms with E-state index < -0.39 is 0 Å². The number of hydrogen-bond acceptors (Lipinski definition) is 7. The summed E-state index contributed by atoms with van der Waals surface area (Å²) in [5.74, 6) is 2.08. The first kappa shape index (κ1) is 17.2. The second kappa shape index (κ2) is 7.23. The molecule has 1 saturated heterocycles. The molecule has 5 rings (SSSR count). The second-order valence-corrected chi connectivity index (χ2v) is 7.44. The highest BCUT2D eigenvalue weighted by atomic mass is 15.3. The summed E-state index contributed by atoms with van der Waals surface area (Å²) >= 11 is 0. The summed E-state index contributed by atoms with van der Waals surface area (Å²) < 4.78 is 3.66. The Balaban J connectivity index is 1.61. The van der Waals surface area contributed by atoms with Gasteiger partial charge in [0.1, 0.15) is 5.82 Å². The van der Waals surface area contributed by atoms with Crippen molar-refractivity contribution in [2.24, 2.45) is 12.0 Å². The van der Waals surface area contributed by atoms with Crippen molar-refractivity contribution < 1.29 is 0 Å². The molecule has 1 unspecified atom stereocenters. The van der Waals surface area contributed by atoms with Gasteiger partial charge in [-0.2, -0.15) is 14.7 Å². The molecule has 28 heavy (non-hydrogen) atoms. The molecule has 0 spiro atoms. The number of hydrogen-bond donors (Lipinski definition) is 3. The molecular formula is C19H25N9. The van der Waals surface area contributed by atoms with Crippen LogP contribution in [0, 0.1) is 0 Å². The highest BCUT2D eigenvalue weighted by Gasteiger charge is 2.21. The molecule has 3 N–H and O–H groups in total. The van der Waals surface area contributed by atoms with Crippen molar-refractivity contribution in [1.82, 2.24) is 35.0 Å². The number of aromatic nitrogens is 5. The Morgan fingerprint density at radius 1 is 1.18 bits per heavy atom. The van der Waals surface area contributed by atoms with Crippen molar-refractivity contribution in [2.75, 3.05) is 31.5 Å². The lowest BCUT2D eigenvalue weighted by atomic mass is 9.96. The Morgan fingerprint density at radius 2 is 2.14 bits per heavy atom. The fraction of sp³-hybridized carbons (Fsp3) is 0.474. The van der Waals surface area contributed by atoms with Crippen LogP contribution in [0.4, 0.5) is 5.82 Å². The quantitative estimate of drug-likeness (QED) is 0.636. The van der Waals surface area contributed by atoms with Crippen LogP contribution in [0.1, 0.15) is 30.9 Å². The summed E-state index contributed by atoms with van der Waals surface area (Å²) in [6.07, 6.45) is 9.08. The van der Waals surface area contributed by atoms with Crippen LogP contribution in [0.5, 0.6) is 0 Å². The Bertz CT molecular complexity index is 1010. The Morgan fingerprint density at radius 3 is 2.89 bits per heavy atom. The van der Waals surface area contributed by atoms with E-state index >= 15 is 0 Å². The van der Waals surface area contributed by atoms with E-state index in [-0.39, 0.29) is 0 Å². The molecule has 9 nitrogen and oxygen atoms in total. The van der Waals surface area contributed by atoms with Gasteiger partial charge in [-0.05, 0) is 25.8 Å². The number of nitrogens with zero attached hydrogens (tertiary/aromatic N) is 6. The van der Waals surface area contributed by atoms with Gasteiger partial charge in [0, 0.05) is 56.0 Å². The molecule has 9 heteroatoms. The minimum atomic E-state index is 0.400. The van der Waals surface area contributed by atoms with Crippen LogP contribution < -0.4 is 16.0 Å². The van der Waals surface area contributed by atoms with Crippen molar-refractivity contribution >= 4 is 17.4 Å². The second-order valence-electron chi connectivity index (χ2n) is 7.44. The molecule has 2 aliphatic heterocycles. The maximum atomic E-state index is 5.02. The Labute approximate surface area is 163 Å². The summed E-state index contributed by atoms with van der Waals surface area (Å²) in [7, 11) is 1.92. The molecule has 146 valence electrons. The zero-order valence-corrected chi connectivity index (χ0v) is 16.0. The molecule has 5 heterocycles. The number of aryl methyl sites for hydroxylation is 1. The molecule has 0 radical (unpaired) electrons. The topological polar surface area (TPSA) is 96.5 Å². The van der Waals surface area contributed by atoms with Crippen LogP contribution in [0.25, 0.3) is 16.8 Å². The van der Waals surface area contributed by atoms with E-state index in [0.717, 1.165) is 73.3 Å². The van der Waals surface area contributed by atoms with Gasteiger partial charge < -0.3 is 16.0 Å². The third-order valence-corrected chi connectivity index (χ3v) is 5.37.